The van der Waals surface area contributed by atoms with Crippen molar-refractivity contribution in [3.05, 3.63) is 43.0 Å². The molecular formula is C11H7N4S. The smallest absolute Gasteiger partial charge is 0.171 e. The van der Waals surface area contributed by atoms with Gasteiger partial charge >= 0.3 is 0 Å². The summed E-state index contributed by atoms with van der Waals surface area (Å²) in [5.74, 6) is 0.755. The van der Waals surface area contributed by atoms with Crippen LogP contribution in [0.1, 0.15) is 0 Å². The Kier molecular flexibility index (Phi) is 2.23. The maximum absolute atomic E-state index is 3.99. The average Bonchev–Trinajstić information content (AvgIpc) is 3.01. The molecule has 1 radical (unpaired) electrons. The van der Waals surface area contributed by atoms with Gasteiger partial charge in [-0.15, -0.1) is 21.5 Å². The number of thiophene rings is 1. The topological polar surface area (TPSA) is 54.5 Å². The fourth-order valence-electron chi connectivity index (χ4n) is 1.39. The number of pyridine rings is 1. The highest BCUT2D eigenvalue weighted by atomic mass is 32.1. The van der Waals surface area contributed by atoms with Crippen LogP contribution < -0.4 is 0 Å². The monoisotopic (exact) mass is 227 g/mol. The first-order valence-corrected chi connectivity index (χ1v) is 5.53. The van der Waals surface area contributed by atoms with Gasteiger partial charge in [-0.1, -0.05) is 0 Å². The maximum Gasteiger partial charge on any atom is 0.171 e. The SMILES string of the molecule is [c]1cc(-c2ccncc2)sc1-c1nnc[nH]1. The first kappa shape index (κ1) is 9.23. The first-order chi connectivity index (χ1) is 7.93. The number of hydrogen-bond donors (Lipinski definition) is 1. The molecule has 5 heteroatoms. The number of hydrogen-bond acceptors (Lipinski definition) is 4. The molecule has 0 aliphatic heterocycles. The zero-order valence-corrected chi connectivity index (χ0v) is 9.03. The van der Waals surface area contributed by atoms with Crippen LogP contribution in [-0.4, -0.2) is 20.2 Å². The first-order valence-electron chi connectivity index (χ1n) is 4.72. The van der Waals surface area contributed by atoms with E-state index in [9.17, 15) is 0 Å². The molecule has 4 nitrogen and oxygen atoms in total. The van der Waals surface area contributed by atoms with Crippen molar-refractivity contribution in [2.45, 2.75) is 0 Å². The molecule has 77 valence electrons. The van der Waals surface area contributed by atoms with E-state index in [0.717, 1.165) is 21.1 Å². The highest BCUT2D eigenvalue weighted by Gasteiger charge is 2.06. The molecule has 0 aromatic carbocycles. The van der Waals surface area contributed by atoms with E-state index in [1.54, 1.807) is 30.1 Å². The van der Waals surface area contributed by atoms with Crippen molar-refractivity contribution in [3.8, 4) is 21.1 Å². The minimum absolute atomic E-state index is 0.755. The van der Waals surface area contributed by atoms with E-state index in [4.69, 9.17) is 0 Å². The van der Waals surface area contributed by atoms with Crippen molar-refractivity contribution in [1.82, 2.24) is 20.2 Å². The second-order valence-corrected chi connectivity index (χ2v) is 4.21. The number of nitrogens with zero attached hydrogens (tertiary/aromatic N) is 3. The van der Waals surface area contributed by atoms with Gasteiger partial charge in [0.1, 0.15) is 6.33 Å². The molecule has 3 aromatic rings. The van der Waals surface area contributed by atoms with Crippen molar-refractivity contribution in [1.29, 1.82) is 0 Å². The number of aromatic amines is 1. The van der Waals surface area contributed by atoms with E-state index in [1.807, 2.05) is 18.2 Å². The second kappa shape index (κ2) is 3.86. The van der Waals surface area contributed by atoms with Crippen molar-refractivity contribution in [2.75, 3.05) is 0 Å². The standard InChI is InChI=1S/C11H7N4S/c1-2-10(11-13-7-14-15-11)16-9(1)8-3-5-12-6-4-8/h1,3-7H,(H,13,14,15). The Bertz CT molecular complexity index is 571. The molecule has 16 heavy (non-hydrogen) atoms. The van der Waals surface area contributed by atoms with Crippen LogP contribution in [-0.2, 0) is 0 Å². The Balaban J connectivity index is 2.00. The summed E-state index contributed by atoms with van der Waals surface area (Å²) in [6, 6.07) is 9.08. The Hall–Kier alpha value is -2.01. The quantitative estimate of drug-likeness (QED) is 0.731. The van der Waals surface area contributed by atoms with Crippen LogP contribution in [0, 0.1) is 6.07 Å². The van der Waals surface area contributed by atoms with E-state index in [0.29, 0.717) is 0 Å². The fraction of sp³-hybridized carbons (Fsp3) is 0. The molecule has 0 amide bonds. The molecule has 0 saturated carbocycles. The molecular weight excluding hydrogens is 220 g/mol. The zero-order chi connectivity index (χ0) is 10.8. The molecule has 1 N–H and O–H groups in total. The van der Waals surface area contributed by atoms with Crippen LogP contribution in [0.25, 0.3) is 21.1 Å². The third-order valence-electron chi connectivity index (χ3n) is 2.14. The summed E-state index contributed by atoms with van der Waals surface area (Å²) in [6.45, 7) is 0. The largest absolute Gasteiger partial charge is 0.327 e. The lowest BCUT2D eigenvalue weighted by Crippen LogP contribution is -1.73. The summed E-state index contributed by atoms with van der Waals surface area (Å²) in [5, 5.41) is 7.71. The second-order valence-electron chi connectivity index (χ2n) is 3.16. The zero-order valence-electron chi connectivity index (χ0n) is 8.21. The van der Waals surface area contributed by atoms with Crippen molar-refractivity contribution >= 4 is 11.3 Å². The highest BCUT2D eigenvalue weighted by Crippen LogP contribution is 2.31. The van der Waals surface area contributed by atoms with Crippen molar-refractivity contribution < 1.29 is 0 Å². The molecule has 0 spiro atoms. The highest BCUT2D eigenvalue weighted by molar-refractivity contribution is 7.18. The Morgan fingerprint density at radius 1 is 1.25 bits per heavy atom. The number of rotatable bonds is 2. The molecule has 0 aliphatic rings. The lowest BCUT2D eigenvalue weighted by atomic mass is 10.2. The Labute approximate surface area is 96.0 Å². The number of nitrogens with one attached hydrogen (secondary N) is 1. The van der Waals surface area contributed by atoms with E-state index >= 15 is 0 Å². The molecule has 0 unspecified atom stereocenters. The van der Waals surface area contributed by atoms with Crippen LogP contribution >= 0.6 is 11.3 Å². The van der Waals surface area contributed by atoms with Gasteiger partial charge in [-0.05, 0) is 23.8 Å². The molecule has 3 aromatic heterocycles. The van der Waals surface area contributed by atoms with Crippen LogP contribution in [0.5, 0.6) is 0 Å². The van der Waals surface area contributed by atoms with Crippen molar-refractivity contribution in [3.63, 3.8) is 0 Å². The van der Waals surface area contributed by atoms with Gasteiger partial charge < -0.3 is 4.98 Å². The molecule has 0 saturated heterocycles. The van der Waals surface area contributed by atoms with Gasteiger partial charge in [0, 0.05) is 23.3 Å². The van der Waals surface area contributed by atoms with E-state index in [-0.39, 0.29) is 0 Å². The Morgan fingerprint density at radius 3 is 2.88 bits per heavy atom. The molecule has 0 bridgehead atoms. The van der Waals surface area contributed by atoms with Gasteiger partial charge in [-0.2, -0.15) is 0 Å². The van der Waals surface area contributed by atoms with Crippen LogP contribution in [0.3, 0.4) is 0 Å². The van der Waals surface area contributed by atoms with Gasteiger partial charge in [0.05, 0.1) is 4.88 Å². The van der Waals surface area contributed by atoms with Gasteiger partial charge in [-0.3, -0.25) is 4.98 Å². The summed E-state index contributed by atoms with van der Waals surface area (Å²) >= 11 is 1.63. The van der Waals surface area contributed by atoms with Crippen LogP contribution in [0.4, 0.5) is 0 Å². The van der Waals surface area contributed by atoms with Gasteiger partial charge in [0.25, 0.3) is 0 Å². The summed E-state index contributed by atoms with van der Waals surface area (Å²) in [5.41, 5.74) is 1.14. The summed E-state index contributed by atoms with van der Waals surface area (Å²) < 4.78 is 0. The number of H-pyrrole nitrogens is 1. The Morgan fingerprint density at radius 2 is 2.12 bits per heavy atom. The normalized spacial score (nSPS) is 10.5. The molecule has 3 heterocycles. The predicted octanol–water partition coefficient (Wildman–Crippen LogP) is 2.40. The molecule has 3 rings (SSSR count). The number of aromatic nitrogens is 4. The van der Waals surface area contributed by atoms with E-state index in [1.165, 1.54) is 0 Å². The molecule has 0 atom stereocenters. The predicted molar refractivity (Wildman–Crippen MR) is 61.8 cm³/mol. The maximum atomic E-state index is 3.99. The minimum atomic E-state index is 0.755. The lowest BCUT2D eigenvalue weighted by Gasteiger charge is -1.93. The van der Waals surface area contributed by atoms with Crippen LogP contribution in [0.2, 0.25) is 0 Å². The average molecular weight is 227 g/mol. The summed E-state index contributed by atoms with van der Waals surface area (Å²) in [6.07, 6.45) is 5.13. The van der Waals surface area contributed by atoms with Gasteiger partial charge in [0.15, 0.2) is 5.82 Å². The minimum Gasteiger partial charge on any atom is -0.327 e. The summed E-state index contributed by atoms with van der Waals surface area (Å²) in [4.78, 5) is 9.07. The van der Waals surface area contributed by atoms with Crippen molar-refractivity contribution in [2.24, 2.45) is 0 Å². The fourth-order valence-corrected chi connectivity index (χ4v) is 2.30. The van der Waals surface area contributed by atoms with Crippen LogP contribution in [0.15, 0.2) is 36.9 Å². The van der Waals surface area contributed by atoms with E-state index in [2.05, 4.69) is 26.2 Å². The van der Waals surface area contributed by atoms with E-state index < -0.39 is 0 Å². The summed E-state index contributed by atoms with van der Waals surface area (Å²) in [7, 11) is 0. The third-order valence-corrected chi connectivity index (χ3v) is 3.23. The third kappa shape index (κ3) is 1.61. The molecule has 0 fully saturated rings. The molecule has 0 aliphatic carbocycles. The van der Waals surface area contributed by atoms with Gasteiger partial charge in [0.2, 0.25) is 0 Å². The van der Waals surface area contributed by atoms with Gasteiger partial charge in [-0.25, -0.2) is 0 Å². The lowest BCUT2D eigenvalue weighted by molar-refractivity contribution is 1.10.